The van der Waals surface area contributed by atoms with E-state index in [0.717, 1.165) is 29.3 Å². The quantitative estimate of drug-likeness (QED) is 0.359. The second-order valence-electron chi connectivity index (χ2n) is 7.93. The summed E-state index contributed by atoms with van der Waals surface area (Å²) < 4.78 is 47.0. The Bertz CT molecular complexity index is 1230. The Kier molecular flexibility index (Phi) is 5.84. The number of alkyl halides is 3. The Morgan fingerprint density at radius 1 is 0.875 bits per heavy atom. The van der Waals surface area contributed by atoms with Gasteiger partial charge in [-0.2, -0.15) is 18.2 Å². The van der Waals surface area contributed by atoms with Crippen LogP contribution in [0.1, 0.15) is 16.7 Å². The van der Waals surface area contributed by atoms with Crippen LogP contribution in [0.25, 0.3) is 34.0 Å². The van der Waals surface area contributed by atoms with Crippen LogP contribution in [0.5, 0.6) is 0 Å². The van der Waals surface area contributed by atoms with Crippen molar-refractivity contribution in [2.75, 3.05) is 14.1 Å². The van der Waals surface area contributed by atoms with E-state index < -0.39 is 11.7 Å². The Balaban J connectivity index is 1.69. The zero-order chi connectivity index (χ0) is 22.9. The molecule has 0 fully saturated rings. The van der Waals surface area contributed by atoms with Crippen LogP contribution < -0.4 is 0 Å². The average molecular weight is 437 g/mol. The van der Waals surface area contributed by atoms with Crippen molar-refractivity contribution in [2.24, 2.45) is 0 Å². The van der Waals surface area contributed by atoms with Crippen molar-refractivity contribution in [2.45, 2.75) is 19.6 Å². The van der Waals surface area contributed by atoms with Gasteiger partial charge in [0.25, 0.3) is 5.89 Å². The summed E-state index contributed by atoms with van der Waals surface area (Å²) in [5.74, 6) is 0.368. The molecule has 0 N–H and O–H groups in total. The molecule has 7 heteroatoms. The highest BCUT2D eigenvalue weighted by atomic mass is 19.4. The molecule has 1 heterocycles. The van der Waals surface area contributed by atoms with Crippen LogP contribution in [-0.2, 0) is 12.7 Å². The topological polar surface area (TPSA) is 42.2 Å². The smallest absolute Gasteiger partial charge is 0.334 e. The first-order valence-electron chi connectivity index (χ1n) is 10.1. The molecule has 0 amide bonds. The summed E-state index contributed by atoms with van der Waals surface area (Å²) >= 11 is 0. The van der Waals surface area contributed by atoms with Gasteiger partial charge in [-0.3, -0.25) is 0 Å². The Labute approximate surface area is 184 Å². The van der Waals surface area contributed by atoms with Gasteiger partial charge in [0.15, 0.2) is 0 Å². The standard InChI is InChI=1S/C25H22F3N3O/c1-16-6-4-5-7-20(16)21-13-12-19(14-22(21)25(26,27)28)24-29-23(30-32-24)18-10-8-17(9-11-18)15-31(2)3/h4-14H,15H2,1-3H3. The van der Waals surface area contributed by atoms with Crippen LogP contribution >= 0.6 is 0 Å². The number of aromatic nitrogens is 2. The molecule has 4 rings (SSSR count). The van der Waals surface area contributed by atoms with Crippen LogP contribution in [0, 0.1) is 6.92 Å². The third-order valence-corrected chi connectivity index (χ3v) is 5.14. The zero-order valence-corrected chi connectivity index (χ0v) is 17.9. The summed E-state index contributed by atoms with van der Waals surface area (Å²) in [7, 11) is 3.97. The molecule has 1 aromatic heterocycles. The van der Waals surface area contributed by atoms with Gasteiger partial charge in [-0.25, -0.2) is 0 Å². The number of halogens is 3. The average Bonchev–Trinajstić information content (AvgIpc) is 3.23. The van der Waals surface area contributed by atoms with Crippen LogP contribution in [0.3, 0.4) is 0 Å². The van der Waals surface area contributed by atoms with E-state index in [2.05, 4.69) is 15.0 Å². The molecule has 0 bridgehead atoms. The van der Waals surface area contributed by atoms with E-state index in [0.29, 0.717) is 11.4 Å². The fourth-order valence-corrected chi connectivity index (χ4v) is 3.60. The maximum Gasteiger partial charge on any atom is 0.417 e. The van der Waals surface area contributed by atoms with Crippen LogP contribution in [0.4, 0.5) is 13.2 Å². The molecule has 0 saturated heterocycles. The van der Waals surface area contributed by atoms with Gasteiger partial charge in [0.1, 0.15) is 0 Å². The van der Waals surface area contributed by atoms with Crippen LogP contribution in [0.2, 0.25) is 0 Å². The summed E-state index contributed by atoms with van der Waals surface area (Å²) in [6, 6.07) is 18.8. The van der Waals surface area contributed by atoms with Gasteiger partial charge in [-0.15, -0.1) is 0 Å². The number of hydrogen-bond donors (Lipinski definition) is 0. The fourth-order valence-electron chi connectivity index (χ4n) is 3.60. The van der Waals surface area contributed by atoms with Gasteiger partial charge in [-0.1, -0.05) is 59.8 Å². The highest BCUT2D eigenvalue weighted by molar-refractivity contribution is 5.74. The molecule has 32 heavy (non-hydrogen) atoms. The predicted octanol–water partition coefficient (Wildman–Crippen LogP) is 6.46. The molecule has 0 aliphatic rings. The number of hydrogen-bond acceptors (Lipinski definition) is 4. The minimum Gasteiger partial charge on any atom is -0.334 e. The molecule has 4 aromatic rings. The zero-order valence-electron chi connectivity index (χ0n) is 17.9. The lowest BCUT2D eigenvalue weighted by Gasteiger charge is -2.15. The van der Waals surface area contributed by atoms with Crippen LogP contribution in [-0.4, -0.2) is 29.1 Å². The normalized spacial score (nSPS) is 11.8. The van der Waals surface area contributed by atoms with Gasteiger partial charge in [0, 0.05) is 17.7 Å². The number of benzene rings is 3. The molecule has 4 nitrogen and oxygen atoms in total. The van der Waals surface area contributed by atoms with E-state index in [9.17, 15) is 13.2 Å². The molecule has 0 aliphatic heterocycles. The van der Waals surface area contributed by atoms with Crippen molar-refractivity contribution >= 4 is 0 Å². The second-order valence-corrected chi connectivity index (χ2v) is 7.93. The molecule has 0 radical (unpaired) electrons. The minimum atomic E-state index is -4.53. The first kappa shape index (κ1) is 21.8. The SMILES string of the molecule is Cc1ccccc1-c1ccc(-c2nc(-c3ccc(CN(C)C)cc3)no2)cc1C(F)(F)F. The van der Waals surface area contributed by atoms with Crippen molar-refractivity contribution in [3.8, 4) is 34.0 Å². The maximum atomic E-state index is 13.9. The van der Waals surface area contributed by atoms with E-state index in [1.807, 2.05) is 38.4 Å². The highest BCUT2D eigenvalue weighted by Gasteiger charge is 2.34. The summed E-state index contributed by atoms with van der Waals surface area (Å²) in [4.78, 5) is 6.38. The summed E-state index contributed by atoms with van der Waals surface area (Å²) in [5.41, 5.74) is 2.77. The summed E-state index contributed by atoms with van der Waals surface area (Å²) in [6.07, 6.45) is -4.53. The Hall–Kier alpha value is -3.45. The van der Waals surface area contributed by atoms with E-state index in [1.165, 1.54) is 6.07 Å². The number of rotatable bonds is 5. The van der Waals surface area contributed by atoms with Crippen molar-refractivity contribution < 1.29 is 17.7 Å². The molecule has 164 valence electrons. The molecule has 0 spiro atoms. The molecular formula is C25H22F3N3O. The molecule has 0 unspecified atom stereocenters. The molecule has 3 aromatic carbocycles. The maximum absolute atomic E-state index is 13.9. The molecular weight excluding hydrogens is 415 g/mol. The first-order valence-corrected chi connectivity index (χ1v) is 10.1. The van der Waals surface area contributed by atoms with E-state index in [4.69, 9.17) is 4.52 Å². The lowest BCUT2D eigenvalue weighted by atomic mass is 9.94. The van der Waals surface area contributed by atoms with Crippen molar-refractivity contribution in [3.05, 3.63) is 83.4 Å². The lowest BCUT2D eigenvalue weighted by molar-refractivity contribution is -0.137. The molecule has 0 aliphatic carbocycles. The van der Waals surface area contributed by atoms with Gasteiger partial charge < -0.3 is 9.42 Å². The minimum absolute atomic E-state index is 0.0409. The number of aryl methyl sites for hydroxylation is 1. The van der Waals surface area contributed by atoms with Gasteiger partial charge >= 0.3 is 6.18 Å². The van der Waals surface area contributed by atoms with Crippen LogP contribution in [0.15, 0.2) is 71.3 Å². The Morgan fingerprint density at radius 3 is 2.22 bits per heavy atom. The van der Waals surface area contributed by atoms with Crippen molar-refractivity contribution in [1.82, 2.24) is 15.0 Å². The predicted molar refractivity (Wildman–Crippen MR) is 118 cm³/mol. The third-order valence-electron chi connectivity index (χ3n) is 5.14. The fraction of sp³-hybridized carbons (Fsp3) is 0.200. The lowest BCUT2D eigenvalue weighted by Crippen LogP contribution is -2.10. The van der Waals surface area contributed by atoms with E-state index in [1.54, 1.807) is 37.3 Å². The number of nitrogens with zero attached hydrogens (tertiary/aromatic N) is 3. The first-order chi connectivity index (χ1) is 15.2. The van der Waals surface area contributed by atoms with E-state index in [-0.39, 0.29) is 17.0 Å². The van der Waals surface area contributed by atoms with Gasteiger partial charge in [0.05, 0.1) is 5.56 Å². The monoisotopic (exact) mass is 437 g/mol. The van der Waals surface area contributed by atoms with Crippen molar-refractivity contribution in [3.63, 3.8) is 0 Å². The third kappa shape index (κ3) is 4.57. The molecule has 0 atom stereocenters. The van der Waals surface area contributed by atoms with Gasteiger partial charge in [0.2, 0.25) is 5.82 Å². The van der Waals surface area contributed by atoms with E-state index >= 15 is 0 Å². The largest absolute Gasteiger partial charge is 0.417 e. The van der Waals surface area contributed by atoms with Crippen molar-refractivity contribution in [1.29, 1.82) is 0 Å². The summed E-state index contributed by atoms with van der Waals surface area (Å²) in [6.45, 7) is 2.59. The van der Waals surface area contributed by atoms with Gasteiger partial charge in [-0.05, 0) is 55.4 Å². The molecule has 0 saturated carbocycles. The Morgan fingerprint density at radius 2 is 1.56 bits per heavy atom. The second kappa shape index (κ2) is 8.59. The highest BCUT2D eigenvalue weighted by Crippen LogP contribution is 2.40. The summed E-state index contributed by atoms with van der Waals surface area (Å²) in [5, 5.41) is 3.96.